The van der Waals surface area contributed by atoms with Gasteiger partial charge in [0, 0.05) is 31.9 Å². The number of hydrogen-bond donors (Lipinski definition) is 1. The molecule has 1 aliphatic heterocycles. The summed E-state index contributed by atoms with van der Waals surface area (Å²) in [5.41, 5.74) is 6.77. The van der Waals surface area contributed by atoms with E-state index in [4.69, 9.17) is 17.3 Å². The second-order valence-corrected chi connectivity index (χ2v) is 4.87. The summed E-state index contributed by atoms with van der Waals surface area (Å²) in [5, 5.41) is 0.465. The van der Waals surface area contributed by atoms with Gasteiger partial charge in [0.2, 0.25) is 0 Å². The molecule has 2 rings (SSSR count). The Hall–Kier alpha value is -1.26. The van der Waals surface area contributed by atoms with E-state index in [9.17, 15) is 4.79 Å². The van der Waals surface area contributed by atoms with E-state index in [0.29, 0.717) is 16.3 Å². The Labute approximate surface area is 112 Å². The second kappa shape index (κ2) is 5.59. The number of likely N-dealkylation sites (N-methyl/N-ethyl adjacent to an activating group) is 1. The van der Waals surface area contributed by atoms with Crippen molar-refractivity contribution >= 4 is 23.2 Å². The third-order valence-electron chi connectivity index (χ3n) is 3.33. The number of amides is 1. The van der Waals surface area contributed by atoms with Crippen LogP contribution >= 0.6 is 11.6 Å². The van der Waals surface area contributed by atoms with Crippen LogP contribution in [0.1, 0.15) is 17.3 Å². The number of carbonyl (C=O) groups is 1. The van der Waals surface area contributed by atoms with Gasteiger partial charge in [-0.1, -0.05) is 18.5 Å². The Morgan fingerprint density at radius 1 is 1.33 bits per heavy atom. The number of hydrogen-bond acceptors (Lipinski definition) is 3. The first kappa shape index (κ1) is 13.2. The number of rotatable bonds is 2. The first-order valence-electron chi connectivity index (χ1n) is 6.18. The number of nitrogens with zero attached hydrogens (tertiary/aromatic N) is 2. The van der Waals surface area contributed by atoms with Crippen molar-refractivity contribution in [3.8, 4) is 0 Å². The van der Waals surface area contributed by atoms with Gasteiger partial charge in [-0.2, -0.15) is 0 Å². The van der Waals surface area contributed by atoms with Crippen LogP contribution < -0.4 is 5.73 Å². The molecule has 0 saturated carbocycles. The van der Waals surface area contributed by atoms with Crippen LogP contribution in [-0.4, -0.2) is 48.4 Å². The van der Waals surface area contributed by atoms with Crippen LogP contribution in [0, 0.1) is 0 Å². The van der Waals surface area contributed by atoms with E-state index in [0.717, 1.165) is 32.7 Å². The van der Waals surface area contributed by atoms with Gasteiger partial charge in [0.15, 0.2) is 0 Å². The topological polar surface area (TPSA) is 49.6 Å². The molecule has 1 aromatic rings. The Kier molecular flexibility index (Phi) is 4.09. The zero-order valence-corrected chi connectivity index (χ0v) is 11.3. The molecule has 1 heterocycles. The van der Waals surface area contributed by atoms with Gasteiger partial charge in [-0.15, -0.1) is 0 Å². The zero-order valence-electron chi connectivity index (χ0n) is 10.5. The molecule has 0 aliphatic carbocycles. The summed E-state index contributed by atoms with van der Waals surface area (Å²) in [6.45, 7) is 6.49. The first-order chi connectivity index (χ1) is 8.61. The van der Waals surface area contributed by atoms with Gasteiger partial charge in [0.05, 0.1) is 10.6 Å². The fourth-order valence-corrected chi connectivity index (χ4v) is 2.34. The van der Waals surface area contributed by atoms with E-state index in [1.807, 2.05) is 4.90 Å². The Bertz CT molecular complexity index is 442. The van der Waals surface area contributed by atoms with Gasteiger partial charge in [-0.05, 0) is 24.7 Å². The van der Waals surface area contributed by atoms with E-state index >= 15 is 0 Å². The number of piperazine rings is 1. The van der Waals surface area contributed by atoms with Crippen LogP contribution in [0.5, 0.6) is 0 Å². The molecule has 0 unspecified atom stereocenters. The molecular weight excluding hydrogens is 250 g/mol. The highest BCUT2D eigenvalue weighted by molar-refractivity contribution is 6.34. The molecule has 18 heavy (non-hydrogen) atoms. The summed E-state index contributed by atoms with van der Waals surface area (Å²) in [5.74, 6) is -0.0250. The van der Waals surface area contributed by atoms with Crippen LogP contribution in [0.2, 0.25) is 5.02 Å². The van der Waals surface area contributed by atoms with E-state index in [-0.39, 0.29) is 5.91 Å². The zero-order chi connectivity index (χ0) is 13.1. The van der Waals surface area contributed by atoms with E-state index in [1.165, 1.54) is 0 Å². The minimum absolute atomic E-state index is 0.0250. The lowest BCUT2D eigenvalue weighted by Gasteiger charge is -2.34. The fourth-order valence-electron chi connectivity index (χ4n) is 2.14. The van der Waals surface area contributed by atoms with Crippen LogP contribution in [0.25, 0.3) is 0 Å². The highest BCUT2D eigenvalue weighted by Crippen LogP contribution is 2.21. The summed E-state index contributed by atoms with van der Waals surface area (Å²) >= 11 is 6.05. The predicted molar refractivity (Wildman–Crippen MR) is 73.9 cm³/mol. The maximum Gasteiger partial charge on any atom is 0.255 e. The lowest BCUT2D eigenvalue weighted by molar-refractivity contribution is 0.0643. The van der Waals surface area contributed by atoms with Gasteiger partial charge in [-0.25, -0.2) is 0 Å². The predicted octanol–water partition coefficient (Wildman–Crippen LogP) is 1.70. The standard InChI is InChI=1S/C13H18ClN3O/c1-2-16-5-7-17(8-6-16)13(18)11-9-10(15)3-4-12(11)14/h3-4,9H,2,5-8,15H2,1H3. The highest BCUT2D eigenvalue weighted by Gasteiger charge is 2.22. The van der Waals surface area contributed by atoms with Gasteiger partial charge >= 0.3 is 0 Å². The molecule has 1 fully saturated rings. The maximum atomic E-state index is 12.3. The third-order valence-corrected chi connectivity index (χ3v) is 3.66. The van der Waals surface area contributed by atoms with E-state index in [2.05, 4.69) is 11.8 Å². The van der Waals surface area contributed by atoms with Crippen LogP contribution in [0.4, 0.5) is 5.69 Å². The molecule has 0 bridgehead atoms. The van der Waals surface area contributed by atoms with Crippen molar-refractivity contribution in [2.75, 3.05) is 38.5 Å². The maximum absolute atomic E-state index is 12.3. The van der Waals surface area contributed by atoms with Gasteiger partial charge < -0.3 is 15.5 Å². The highest BCUT2D eigenvalue weighted by atomic mass is 35.5. The summed E-state index contributed by atoms with van der Waals surface area (Å²) < 4.78 is 0. The Balaban J connectivity index is 2.10. The molecule has 4 nitrogen and oxygen atoms in total. The number of anilines is 1. The molecule has 2 N–H and O–H groups in total. The minimum atomic E-state index is -0.0250. The van der Waals surface area contributed by atoms with Crippen molar-refractivity contribution in [1.29, 1.82) is 0 Å². The van der Waals surface area contributed by atoms with Crippen LogP contribution in [-0.2, 0) is 0 Å². The molecular formula is C13H18ClN3O. The van der Waals surface area contributed by atoms with Crippen molar-refractivity contribution in [3.63, 3.8) is 0 Å². The molecule has 1 saturated heterocycles. The molecule has 0 spiro atoms. The molecule has 0 radical (unpaired) electrons. The third kappa shape index (κ3) is 2.76. The van der Waals surface area contributed by atoms with Gasteiger partial charge in [0.25, 0.3) is 5.91 Å². The molecule has 1 amide bonds. The minimum Gasteiger partial charge on any atom is -0.399 e. The number of carbonyl (C=O) groups excluding carboxylic acids is 1. The van der Waals surface area contributed by atoms with Gasteiger partial charge in [0.1, 0.15) is 0 Å². The van der Waals surface area contributed by atoms with Crippen molar-refractivity contribution in [2.24, 2.45) is 0 Å². The lowest BCUT2D eigenvalue weighted by Crippen LogP contribution is -2.48. The summed E-state index contributed by atoms with van der Waals surface area (Å²) in [6.07, 6.45) is 0. The largest absolute Gasteiger partial charge is 0.399 e. The quantitative estimate of drug-likeness (QED) is 0.830. The normalized spacial score (nSPS) is 16.9. The second-order valence-electron chi connectivity index (χ2n) is 4.47. The van der Waals surface area contributed by atoms with Crippen molar-refractivity contribution in [1.82, 2.24) is 9.80 Å². The molecule has 5 heteroatoms. The molecule has 0 aromatic heterocycles. The summed E-state index contributed by atoms with van der Waals surface area (Å²) in [4.78, 5) is 16.5. The monoisotopic (exact) mass is 267 g/mol. The SMILES string of the molecule is CCN1CCN(C(=O)c2cc(N)ccc2Cl)CC1. The Morgan fingerprint density at radius 3 is 2.61 bits per heavy atom. The number of nitrogens with two attached hydrogens (primary N) is 1. The number of benzene rings is 1. The average molecular weight is 268 g/mol. The van der Waals surface area contributed by atoms with Crippen molar-refractivity contribution in [3.05, 3.63) is 28.8 Å². The van der Waals surface area contributed by atoms with Crippen molar-refractivity contribution in [2.45, 2.75) is 6.92 Å². The summed E-state index contributed by atoms with van der Waals surface area (Å²) in [6, 6.07) is 5.03. The average Bonchev–Trinajstić information content (AvgIpc) is 2.41. The van der Waals surface area contributed by atoms with Crippen LogP contribution in [0.3, 0.4) is 0 Å². The van der Waals surface area contributed by atoms with E-state index < -0.39 is 0 Å². The molecule has 1 aromatic carbocycles. The smallest absolute Gasteiger partial charge is 0.255 e. The number of nitrogen functional groups attached to an aromatic ring is 1. The number of halogens is 1. The molecule has 1 aliphatic rings. The van der Waals surface area contributed by atoms with Crippen LogP contribution in [0.15, 0.2) is 18.2 Å². The van der Waals surface area contributed by atoms with E-state index in [1.54, 1.807) is 18.2 Å². The molecule has 0 atom stereocenters. The van der Waals surface area contributed by atoms with Gasteiger partial charge in [-0.3, -0.25) is 4.79 Å². The molecule has 98 valence electrons. The lowest BCUT2D eigenvalue weighted by atomic mass is 10.1. The van der Waals surface area contributed by atoms with Crippen molar-refractivity contribution < 1.29 is 4.79 Å². The Morgan fingerprint density at radius 2 is 2.00 bits per heavy atom. The first-order valence-corrected chi connectivity index (χ1v) is 6.56. The fraction of sp³-hybridized carbons (Fsp3) is 0.462. The summed E-state index contributed by atoms with van der Waals surface area (Å²) in [7, 11) is 0.